The molecule has 0 bridgehead atoms. The molecule has 2 aromatic rings. The fourth-order valence-electron chi connectivity index (χ4n) is 1.67. The highest BCUT2D eigenvalue weighted by Crippen LogP contribution is 2.05. The standard InChI is InChI=1S/C16H16N2O3/c1-12-10-15(18-21-12)16(20)17-11-14-7-5-13(6-8-14)4-2-3-9-19/h5-8,10,19H,3,9,11H2,1H3,(H,17,20). The number of nitrogens with zero attached hydrogens (tertiary/aromatic N) is 1. The van der Waals surface area contributed by atoms with Crippen molar-refractivity contribution < 1.29 is 14.4 Å². The van der Waals surface area contributed by atoms with Gasteiger partial charge in [-0.05, 0) is 24.6 Å². The Morgan fingerprint density at radius 2 is 2.14 bits per heavy atom. The van der Waals surface area contributed by atoms with Gasteiger partial charge in [-0.25, -0.2) is 0 Å². The molecule has 0 saturated heterocycles. The maximum Gasteiger partial charge on any atom is 0.273 e. The van der Waals surface area contributed by atoms with Crippen LogP contribution in [0.25, 0.3) is 0 Å². The van der Waals surface area contributed by atoms with Crippen LogP contribution in [0.1, 0.15) is 33.8 Å². The molecule has 2 N–H and O–H groups in total. The van der Waals surface area contributed by atoms with E-state index in [2.05, 4.69) is 22.3 Å². The first-order valence-corrected chi connectivity index (χ1v) is 6.59. The molecule has 1 aromatic carbocycles. The van der Waals surface area contributed by atoms with E-state index in [1.165, 1.54) is 0 Å². The van der Waals surface area contributed by atoms with E-state index in [-0.39, 0.29) is 18.2 Å². The van der Waals surface area contributed by atoms with Gasteiger partial charge in [0.05, 0.1) is 6.61 Å². The molecular weight excluding hydrogens is 268 g/mol. The number of benzene rings is 1. The minimum Gasteiger partial charge on any atom is -0.395 e. The largest absolute Gasteiger partial charge is 0.395 e. The number of rotatable bonds is 4. The van der Waals surface area contributed by atoms with Gasteiger partial charge in [0.1, 0.15) is 5.76 Å². The minimum absolute atomic E-state index is 0.0681. The van der Waals surface area contributed by atoms with Gasteiger partial charge in [0.25, 0.3) is 5.91 Å². The van der Waals surface area contributed by atoms with Crippen molar-refractivity contribution in [1.29, 1.82) is 0 Å². The predicted octanol–water partition coefficient (Wildman–Crippen LogP) is 1.65. The van der Waals surface area contributed by atoms with Gasteiger partial charge in [-0.1, -0.05) is 29.1 Å². The maximum atomic E-state index is 11.8. The van der Waals surface area contributed by atoms with Crippen molar-refractivity contribution in [1.82, 2.24) is 10.5 Å². The molecule has 0 atom stereocenters. The molecule has 21 heavy (non-hydrogen) atoms. The molecule has 5 heteroatoms. The van der Waals surface area contributed by atoms with E-state index in [1.807, 2.05) is 24.3 Å². The Balaban J connectivity index is 1.89. The number of aliphatic hydroxyl groups is 1. The molecule has 5 nitrogen and oxygen atoms in total. The molecule has 2 rings (SSSR count). The third-order valence-corrected chi connectivity index (χ3v) is 2.74. The Morgan fingerprint density at radius 3 is 2.76 bits per heavy atom. The Bertz CT molecular complexity index is 663. The summed E-state index contributed by atoms with van der Waals surface area (Å²) in [6.45, 7) is 2.22. The first-order valence-electron chi connectivity index (χ1n) is 6.59. The van der Waals surface area contributed by atoms with Gasteiger partial charge in [-0.3, -0.25) is 4.79 Å². The average molecular weight is 284 g/mol. The van der Waals surface area contributed by atoms with Crippen LogP contribution in [-0.2, 0) is 6.54 Å². The SMILES string of the molecule is Cc1cc(C(=O)NCc2ccc(C#CCCO)cc2)no1. The van der Waals surface area contributed by atoms with Crippen LogP contribution in [0.2, 0.25) is 0 Å². The van der Waals surface area contributed by atoms with Crippen LogP contribution in [0, 0.1) is 18.8 Å². The lowest BCUT2D eigenvalue weighted by atomic mass is 10.1. The molecule has 0 fully saturated rings. The number of hydrogen-bond acceptors (Lipinski definition) is 4. The summed E-state index contributed by atoms with van der Waals surface area (Å²) in [6, 6.07) is 9.15. The number of amides is 1. The van der Waals surface area contributed by atoms with E-state index in [0.717, 1.165) is 11.1 Å². The van der Waals surface area contributed by atoms with Crippen LogP contribution >= 0.6 is 0 Å². The van der Waals surface area contributed by atoms with Crippen LogP contribution in [-0.4, -0.2) is 22.8 Å². The molecule has 1 aromatic heterocycles. The third kappa shape index (κ3) is 4.48. The van der Waals surface area contributed by atoms with Gasteiger partial charge in [0, 0.05) is 24.6 Å². The highest BCUT2D eigenvalue weighted by molar-refractivity contribution is 5.92. The maximum absolute atomic E-state index is 11.8. The van der Waals surface area contributed by atoms with Crippen molar-refractivity contribution in [3.8, 4) is 11.8 Å². The Labute approximate surface area is 123 Å². The zero-order valence-corrected chi connectivity index (χ0v) is 11.7. The fraction of sp³-hybridized carbons (Fsp3) is 0.250. The number of hydrogen-bond donors (Lipinski definition) is 2. The second kappa shape index (κ2) is 7.27. The summed E-state index contributed by atoms with van der Waals surface area (Å²) in [5.74, 6) is 6.14. The summed E-state index contributed by atoms with van der Waals surface area (Å²) >= 11 is 0. The van der Waals surface area contributed by atoms with E-state index >= 15 is 0 Å². The molecule has 1 amide bonds. The first kappa shape index (κ1) is 14.8. The van der Waals surface area contributed by atoms with E-state index in [9.17, 15) is 4.79 Å². The molecule has 1 heterocycles. The van der Waals surface area contributed by atoms with Crippen molar-refractivity contribution >= 4 is 5.91 Å². The van der Waals surface area contributed by atoms with Gasteiger partial charge in [0.2, 0.25) is 0 Å². The summed E-state index contributed by atoms with van der Waals surface area (Å²) in [5.41, 5.74) is 2.13. The average Bonchev–Trinajstić information content (AvgIpc) is 2.93. The number of aryl methyl sites for hydroxylation is 1. The summed E-state index contributed by atoms with van der Waals surface area (Å²) in [7, 11) is 0. The van der Waals surface area contributed by atoms with Crippen molar-refractivity contribution in [2.75, 3.05) is 6.61 Å². The highest BCUT2D eigenvalue weighted by atomic mass is 16.5. The van der Waals surface area contributed by atoms with Crippen molar-refractivity contribution in [2.24, 2.45) is 0 Å². The number of nitrogens with one attached hydrogen (secondary N) is 1. The molecule has 0 saturated carbocycles. The quantitative estimate of drug-likeness (QED) is 0.837. The number of carbonyl (C=O) groups is 1. The zero-order chi connectivity index (χ0) is 15.1. The van der Waals surface area contributed by atoms with E-state index < -0.39 is 0 Å². The number of carbonyl (C=O) groups excluding carboxylic acids is 1. The molecule has 0 aliphatic rings. The smallest absolute Gasteiger partial charge is 0.273 e. The van der Waals surface area contributed by atoms with E-state index in [1.54, 1.807) is 13.0 Å². The number of aromatic nitrogens is 1. The molecule has 108 valence electrons. The second-order valence-electron chi connectivity index (χ2n) is 4.48. The summed E-state index contributed by atoms with van der Waals surface area (Å²) in [5, 5.41) is 15.1. The molecule has 0 aliphatic carbocycles. The molecule has 0 unspecified atom stereocenters. The van der Waals surface area contributed by atoms with E-state index in [0.29, 0.717) is 18.7 Å². The second-order valence-corrected chi connectivity index (χ2v) is 4.48. The van der Waals surface area contributed by atoms with Crippen molar-refractivity contribution in [3.05, 3.63) is 52.9 Å². The topological polar surface area (TPSA) is 75.4 Å². The third-order valence-electron chi connectivity index (χ3n) is 2.74. The van der Waals surface area contributed by atoms with Gasteiger partial charge in [-0.2, -0.15) is 0 Å². The lowest BCUT2D eigenvalue weighted by Crippen LogP contribution is -2.23. The van der Waals surface area contributed by atoms with Crippen molar-refractivity contribution in [3.63, 3.8) is 0 Å². The first-order chi connectivity index (χ1) is 10.2. The van der Waals surface area contributed by atoms with Crippen LogP contribution in [0.15, 0.2) is 34.9 Å². The Hall–Kier alpha value is -2.58. The molecule has 0 aliphatic heterocycles. The fourth-order valence-corrected chi connectivity index (χ4v) is 1.67. The highest BCUT2D eigenvalue weighted by Gasteiger charge is 2.09. The van der Waals surface area contributed by atoms with Crippen LogP contribution in [0.5, 0.6) is 0 Å². The lowest BCUT2D eigenvalue weighted by molar-refractivity contribution is 0.0942. The van der Waals surface area contributed by atoms with Gasteiger partial charge >= 0.3 is 0 Å². The number of aliphatic hydroxyl groups excluding tert-OH is 1. The van der Waals surface area contributed by atoms with Crippen molar-refractivity contribution in [2.45, 2.75) is 19.9 Å². The lowest BCUT2D eigenvalue weighted by Gasteiger charge is -2.03. The van der Waals surface area contributed by atoms with Gasteiger partial charge in [0.15, 0.2) is 5.69 Å². The van der Waals surface area contributed by atoms with Crippen LogP contribution in [0.4, 0.5) is 0 Å². The summed E-state index contributed by atoms with van der Waals surface area (Å²) in [6.07, 6.45) is 0.467. The molecular formula is C16H16N2O3. The normalized spacial score (nSPS) is 9.81. The summed E-state index contributed by atoms with van der Waals surface area (Å²) < 4.78 is 4.86. The van der Waals surface area contributed by atoms with Crippen LogP contribution in [0.3, 0.4) is 0 Å². The Morgan fingerprint density at radius 1 is 1.38 bits per heavy atom. The van der Waals surface area contributed by atoms with Gasteiger partial charge in [-0.15, -0.1) is 0 Å². The molecule has 0 radical (unpaired) electrons. The minimum atomic E-state index is -0.265. The van der Waals surface area contributed by atoms with Crippen LogP contribution < -0.4 is 5.32 Å². The predicted molar refractivity (Wildman–Crippen MR) is 77.4 cm³/mol. The molecule has 0 spiro atoms. The summed E-state index contributed by atoms with van der Waals surface area (Å²) in [4.78, 5) is 11.8. The van der Waals surface area contributed by atoms with Gasteiger partial charge < -0.3 is 14.9 Å². The van der Waals surface area contributed by atoms with E-state index in [4.69, 9.17) is 9.63 Å². The zero-order valence-electron chi connectivity index (χ0n) is 11.7. The Kier molecular flexibility index (Phi) is 5.13. The monoisotopic (exact) mass is 284 g/mol.